The first kappa shape index (κ1) is 17.0. The van der Waals surface area contributed by atoms with Crippen LogP contribution < -0.4 is 5.11 Å². The molecule has 1 N–H and O–H groups in total. The quantitative estimate of drug-likeness (QED) is 0.910. The molecule has 0 aliphatic heterocycles. The predicted molar refractivity (Wildman–Crippen MR) is 85.8 cm³/mol. The van der Waals surface area contributed by atoms with E-state index in [1.807, 2.05) is 0 Å². The van der Waals surface area contributed by atoms with Crippen molar-refractivity contribution in [2.24, 2.45) is 5.92 Å². The van der Waals surface area contributed by atoms with Gasteiger partial charge in [0.15, 0.2) is 9.84 Å². The summed E-state index contributed by atoms with van der Waals surface area (Å²) in [5, 5.41) is 12.0. The van der Waals surface area contributed by atoms with Crippen molar-refractivity contribution in [3.05, 3.63) is 29.2 Å². The first-order valence-corrected chi connectivity index (χ1v) is 9.88. The average Bonchev–Trinajstić information content (AvgIpc) is 2.85. The second kappa shape index (κ2) is 5.88. The van der Waals surface area contributed by atoms with Crippen molar-refractivity contribution in [2.75, 3.05) is 6.26 Å². The molecule has 2 unspecified atom stereocenters. The molecule has 130 valence electrons. The van der Waals surface area contributed by atoms with Gasteiger partial charge < -0.3 is 14.9 Å². The van der Waals surface area contributed by atoms with Gasteiger partial charge in [0.1, 0.15) is 5.82 Å². The van der Waals surface area contributed by atoms with Crippen LogP contribution in [0.3, 0.4) is 0 Å². The Morgan fingerprint density at radius 1 is 1.46 bits per heavy atom. The lowest BCUT2D eigenvalue weighted by molar-refractivity contribution is -0.312. The Kier molecular flexibility index (Phi) is 4.15. The van der Waals surface area contributed by atoms with Gasteiger partial charge in [-0.3, -0.25) is 0 Å². The van der Waals surface area contributed by atoms with E-state index in [2.05, 4.69) is 4.98 Å². The summed E-state index contributed by atoms with van der Waals surface area (Å²) in [6, 6.07) is 2.33. The third-order valence-corrected chi connectivity index (χ3v) is 6.04. The van der Waals surface area contributed by atoms with E-state index in [1.54, 1.807) is 6.92 Å². The second-order valence-electron chi connectivity index (χ2n) is 6.45. The van der Waals surface area contributed by atoms with Gasteiger partial charge >= 0.3 is 0 Å². The highest BCUT2D eigenvalue weighted by atomic mass is 32.2. The van der Waals surface area contributed by atoms with E-state index in [1.165, 1.54) is 6.07 Å². The number of aryl methyl sites for hydroxylation is 1. The zero-order chi connectivity index (χ0) is 17.6. The number of halogens is 1. The lowest BCUT2D eigenvalue weighted by Gasteiger charge is -2.30. The van der Waals surface area contributed by atoms with Crippen molar-refractivity contribution in [1.82, 2.24) is 4.98 Å². The first-order valence-electron chi connectivity index (χ1n) is 7.99. The van der Waals surface area contributed by atoms with Crippen LogP contribution in [0.15, 0.2) is 17.0 Å². The van der Waals surface area contributed by atoms with Crippen LogP contribution >= 0.6 is 0 Å². The molecular formula is C17H19FNO4S-. The summed E-state index contributed by atoms with van der Waals surface area (Å²) in [6.45, 7) is 1.79. The van der Waals surface area contributed by atoms with E-state index in [9.17, 15) is 22.7 Å². The van der Waals surface area contributed by atoms with Gasteiger partial charge in [0, 0.05) is 35.1 Å². The number of rotatable bonds is 4. The summed E-state index contributed by atoms with van der Waals surface area (Å²) in [4.78, 5) is 14.5. The monoisotopic (exact) mass is 352 g/mol. The molecule has 1 aromatic carbocycles. The molecule has 0 amide bonds. The Balaban J connectivity index is 2.28. The molecule has 0 bridgehead atoms. The van der Waals surface area contributed by atoms with Crippen LogP contribution in [0.1, 0.15) is 43.4 Å². The number of sulfone groups is 1. The van der Waals surface area contributed by atoms with Gasteiger partial charge in [-0.2, -0.15) is 0 Å². The van der Waals surface area contributed by atoms with E-state index >= 15 is 0 Å². The number of hydrogen-bond donors (Lipinski definition) is 1. The zero-order valence-electron chi connectivity index (χ0n) is 13.6. The first-order chi connectivity index (χ1) is 11.2. The van der Waals surface area contributed by atoms with Crippen molar-refractivity contribution in [2.45, 2.75) is 43.4 Å². The highest BCUT2D eigenvalue weighted by Crippen LogP contribution is 2.42. The Morgan fingerprint density at radius 3 is 2.75 bits per heavy atom. The molecule has 0 fully saturated rings. The minimum atomic E-state index is -3.61. The van der Waals surface area contributed by atoms with Crippen molar-refractivity contribution >= 4 is 26.7 Å². The molecule has 1 aliphatic carbocycles. The number of benzene rings is 1. The van der Waals surface area contributed by atoms with E-state index in [-0.39, 0.29) is 10.8 Å². The van der Waals surface area contributed by atoms with Crippen molar-refractivity contribution in [3.63, 3.8) is 0 Å². The lowest BCUT2D eigenvalue weighted by Crippen LogP contribution is -2.36. The van der Waals surface area contributed by atoms with Crippen LogP contribution in [0.4, 0.5) is 4.39 Å². The topological polar surface area (TPSA) is 90.1 Å². The summed E-state index contributed by atoms with van der Waals surface area (Å²) < 4.78 is 37.9. The van der Waals surface area contributed by atoms with Gasteiger partial charge in [-0.1, -0.05) is 6.92 Å². The summed E-state index contributed by atoms with van der Waals surface area (Å²) in [7, 11) is -3.61. The predicted octanol–water partition coefficient (Wildman–Crippen LogP) is 1.91. The number of nitrogens with one attached hydrogen (secondary N) is 1. The number of carbonyl (C=O) groups excluding carboxylic acids is 1. The Hall–Kier alpha value is -1.89. The molecule has 1 heterocycles. The normalized spacial score (nSPS) is 19.2. The molecule has 3 rings (SSSR count). The molecule has 5 nitrogen and oxygen atoms in total. The number of aromatic amines is 1. The standard InChI is InChI=1S/C17H20FNO4S/c1-3-10(17(20)21)11-5-4-6-12-13-7-9(18)8-14(24(2,22)23)16(13)19-15(11)12/h7-8,10-11,19H,3-6H2,1-2H3,(H,20,21)/p-1. The number of fused-ring (bicyclic) bond motifs is 3. The van der Waals surface area contributed by atoms with Crippen molar-refractivity contribution in [1.29, 1.82) is 0 Å². The molecular weight excluding hydrogens is 333 g/mol. The zero-order valence-corrected chi connectivity index (χ0v) is 14.4. The molecule has 0 saturated carbocycles. The fourth-order valence-electron chi connectivity index (χ4n) is 3.84. The number of carbonyl (C=O) groups is 1. The van der Waals surface area contributed by atoms with E-state index in [0.717, 1.165) is 24.3 Å². The van der Waals surface area contributed by atoms with Gasteiger partial charge in [0.2, 0.25) is 0 Å². The summed E-state index contributed by atoms with van der Waals surface area (Å²) >= 11 is 0. The molecule has 7 heteroatoms. The molecule has 1 aliphatic rings. The van der Waals surface area contributed by atoms with Crippen molar-refractivity contribution < 1.29 is 22.7 Å². The van der Waals surface area contributed by atoms with Crippen LogP contribution in [-0.4, -0.2) is 25.6 Å². The number of carboxylic acids is 1. The van der Waals surface area contributed by atoms with Gasteiger partial charge in [-0.15, -0.1) is 0 Å². The SMILES string of the molecule is CCC(C(=O)[O-])C1CCCc2c1[nH]c1c(S(C)(=O)=O)cc(F)cc21. The third kappa shape index (κ3) is 2.70. The van der Waals surface area contributed by atoms with Gasteiger partial charge in [-0.25, -0.2) is 12.8 Å². The maximum atomic E-state index is 13.9. The van der Waals surface area contributed by atoms with Crippen LogP contribution in [0.25, 0.3) is 10.9 Å². The maximum absolute atomic E-state index is 13.9. The summed E-state index contributed by atoms with van der Waals surface area (Å²) in [5.41, 5.74) is 1.90. The van der Waals surface area contributed by atoms with E-state index < -0.39 is 27.5 Å². The van der Waals surface area contributed by atoms with E-state index in [0.29, 0.717) is 35.9 Å². The smallest absolute Gasteiger partial charge is 0.177 e. The molecule has 1 aromatic heterocycles. The molecule has 0 spiro atoms. The maximum Gasteiger partial charge on any atom is 0.177 e. The molecule has 0 radical (unpaired) electrons. The highest BCUT2D eigenvalue weighted by Gasteiger charge is 2.31. The number of hydrogen-bond acceptors (Lipinski definition) is 4. The van der Waals surface area contributed by atoms with Crippen LogP contribution in [0.2, 0.25) is 0 Å². The largest absolute Gasteiger partial charge is 0.550 e. The van der Waals surface area contributed by atoms with Crippen molar-refractivity contribution in [3.8, 4) is 0 Å². The van der Waals surface area contributed by atoms with Crippen LogP contribution in [0, 0.1) is 11.7 Å². The highest BCUT2D eigenvalue weighted by molar-refractivity contribution is 7.91. The molecule has 2 atom stereocenters. The van der Waals surface area contributed by atoms with Crippen LogP contribution in [-0.2, 0) is 21.1 Å². The summed E-state index contributed by atoms with van der Waals surface area (Å²) in [6.07, 6.45) is 3.59. The van der Waals surface area contributed by atoms with Gasteiger partial charge in [0.25, 0.3) is 0 Å². The second-order valence-corrected chi connectivity index (χ2v) is 8.43. The molecule has 24 heavy (non-hydrogen) atoms. The Morgan fingerprint density at radius 2 is 2.17 bits per heavy atom. The summed E-state index contributed by atoms with van der Waals surface area (Å²) in [5.74, 6) is -2.64. The Labute approximate surface area is 139 Å². The number of aliphatic carboxylic acids is 1. The fraction of sp³-hybridized carbons (Fsp3) is 0.471. The van der Waals surface area contributed by atoms with Crippen LogP contribution in [0.5, 0.6) is 0 Å². The number of aromatic nitrogens is 1. The molecule has 2 aromatic rings. The lowest BCUT2D eigenvalue weighted by atomic mass is 9.78. The minimum absolute atomic E-state index is 0.0906. The third-order valence-electron chi connectivity index (χ3n) is 4.92. The number of carboxylic acid groups (broad SMARTS) is 1. The minimum Gasteiger partial charge on any atom is -0.550 e. The van der Waals surface area contributed by atoms with E-state index in [4.69, 9.17) is 0 Å². The molecule has 0 saturated heterocycles. The average molecular weight is 352 g/mol. The number of H-pyrrole nitrogens is 1. The van der Waals surface area contributed by atoms with Gasteiger partial charge in [-0.05, 0) is 43.4 Å². The Bertz CT molecular complexity index is 916. The van der Waals surface area contributed by atoms with Gasteiger partial charge in [0.05, 0.1) is 10.4 Å². The fourth-order valence-corrected chi connectivity index (χ4v) is 4.70.